The number of allylic oxidation sites excluding steroid dienone is 2. The van der Waals surface area contributed by atoms with Gasteiger partial charge in [0.05, 0.1) is 62.4 Å². The van der Waals surface area contributed by atoms with Gasteiger partial charge in [-0.1, -0.05) is 122 Å². The Morgan fingerprint density at radius 2 is 0.964 bits per heavy atom. The van der Waals surface area contributed by atoms with Crippen molar-refractivity contribution in [3.05, 3.63) is 47.5 Å². The Kier molecular flexibility index (Phi) is 35.2. The zero-order valence-electron chi connectivity index (χ0n) is 78.8. The molecule has 780 valence electrons. The maximum atomic E-state index is 16.2. The van der Waals surface area contributed by atoms with Crippen LogP contribution >= 0.6 is 0 Å². The molecule has 1 aromatic carbocycles. The van der Waals surface area contributed by atoms with Crippen molar-refractivity contribution < 1.29 is 207 Å². The van der Waals surface area contributed by atoms with Crippen molar-refractivity contribution in [3.8, 4) is 0 Å². The molecule has 5 aliphatic carbocycles. The first-order valence-corrected chi connectivity index (χ1v) is 48.6. The summed E-state index contributed by atoms with van der Waals surface area (Å²) in [4.78, 5) is 58.1. The van der Waals surface area contributed by atoms with Crippen LogP contribution in [0.2, 0.25) is 0 Å². The van der Waals surface area contributed by atoms with Crippen molar-refractivity contribution in [2.45, 2.75) is 430 Å². The second-order valence-corrected chi connectivity index (χ2v) is 42.0. The molecule has 1 amide bonds. The summed E-state index contributed by atoms with van der Waals surface area (Å²) in [7, 11) is 0. The molecule has 8 aliphatic heterocycles. The number of carbonyl (C=O) groups is 4. The number of unbranched alkanes of at least 4 members (excludes halogenated alkanes) is 7. The second-order valence-electron chi connectivity index (χ2n) is 42.0. The Morgan fingerprint density at radius 1 is 0.453 bits per heavy atom. The predicted octanol–water partition coefficient (Wildman–Crippen LogP) is -3.85. The lowest BCUT2D eigenvalue weighted by Gasteiger charge is -2.71. The molecular formula is C94H147NO42. The Balaban J connectivity index is 0.703. The number of amides is 1. The van der Waals surface area contributed by atoms with Crippen molar-refractivity contribution >= 4 is 24.1 Å². The predicted molar refractivity (Wildman–Crippen MR) is 463 cm³/mol. The number of hydrogen-bond acceptors (Lipinski definition) is 42. The Labute approximate surface area is 794 Å². The average Bonchev–Trinajstić information content (AvgIpc) is 0.667. The number of aliphatic hydroxyl groups excluding tert-OH is 21. The largest absolute Gasteiger partial charge is 0.461 e. The highest BCUT2D eigenvalue weighted by Gasteiger charge is 2.74. The number of rotatable bonds is 33. The summed E-state index contributed by atoms with van der Waals surface area (Å²) in [6, 6.07) is 9.42. The molecule has 8 saturated heterocycles. The molecule has 48 atom stereocenters. The molecule has 0 radical (unpaired) electrons. The van der Waals surface area contributed by atoms with E-state index in [0.717, 1.165) is 49.5 Å². The summed E-state index contributed by atoms with van der Waals surface area (Å²) >= 11 is 0. The Hall–Kier alpha value is -4.40. The molecule has 0 aromatic heterocycles. The maximum absolute atomic E-state index is 16.2. The summed E-state index contributed by atoms with van der Waals surface area (Å²) in [5.74, 6) is -3.67. The van der Waals surface area contributed by atoms with Crippen LogP contribution in [-0.2, 0) is 106 Å². The third-order valence-electron chi connectivity index (χ3n) is 32.8. The van der Waals surface area contributed by atoms with Crippen LogP contribution in [-0.4, -0.2) is 410 Å². The van der Waals surface area contributed by atoms with Crippen LogP contribution < -0.4 is 5.32 Å². The molecule has 1 aromatic rings. The van der Waals surface area contributed by atoms with Crippen LogP contribution in [0.15, 0.2) is 42.0 Å². The van der Waals surface area contributed by atoms with E-state index >= 15 is 4.79 Å². The molecule has 4 saturated carbocycles. The monoisotopic (exact) mass is 1960 g/mol. The molecule has 43 nitrogen and oxygen atoms in total. The van der Waals surface area contributed by atoms with E-state index in [4.69, 9.17) is 80.5 Å². The van der Waals surface area contributed by atoms with Gasteiger partial charge in [0.25, 0.3) is 5.91 Å². The normalized spacial score (nSPS) is 48.8. The lowest BCUT2D eigenvalue weighted by Crippen LogP contribution is -2.70. The number of nitrogens with one attached hydrogen (secondary N) is 1. The molecule has 14 rings (SSSR count). The highest BCUT2D eigenvalue weighted by molar-refractivity contribution is 5.82. The summed E-state index contributed by atoms with van der Waals surface area (Å²) in [6.45, 7) is 13.6. The lowest BCUT2D eigenvalue weighted by atomic mass is 9.33. The van der Waals surface area contributed by atoms with Gasteiger partial charge in [0.15, 0.2) is 56.2 Å². The van der Waals surface area contributed by atoms with E-state index in [1.165, 1.54) is 20.8 Å². The fraction of sp³-hybridized carbons (Fsp3) is 0.872. The van der Waals surface area contributed by atoms with Crippen LogP contribution in [0.1, 0.15) is 183 Å². The standard InChI is InChI=1S/C94H147NO42/c1-41-56(103)62(109)67(114)82(124-41)132-74-69(116)76(79(119)95-32-20-15-13-11-10-12-14-19-23-55(102)121-37-44-21-17-16-18-22-44)134-87(78(74)136-83-68(115)63(110)60(107)49(35-96)127-83)129-54-27-28-90(6)51(91(54,7)40-98)26-29-92(8)52(90)25-24-45-46-33-89(4,5)30-31-94(46,53(101)34-93(45,92)9)88(120)137-86-77(64(111)57(104)42(2)125-86)135-84-71(118)75(72(43(3)126-84)130-80-65(112)58(105)47(99)38-122-80)133-85-70(117)73(61(108)50(36-97)128-85)131-81-66(113)59(106)48(100)39-123-81/h16-18,21-22,24,40-43,46-54,56-78,80-87,96-97,99-101,103-118H,10-15,19-20,23,25-39H2,1-9H3,(H,95,119)/t41-,42+,43-,46-,47-,48+,49+,50+,51+,52+,53+,54-,56-,57-,58+,59-,60-,61+,62+,63-,64-,65-,66+,67+,68+,69-,70+,71+,72-,73-,74-,75-,76-,77+,78+,80+,81-,82-,83-,84+,85-,86-,87+,90-,91-,92+,93+,94+/m0/s1. The van der Waals surface area contributed by atoms with Gasteiger partial charge in [-0.2, -0.15) is 0 Å². The highest BCUT2D eigenvalue weighted by atomic mass is 16.8. The van der Waals surface area contributed by atoms with E-state index in [1.54, 1.807) is 6.92 Å². The molecule has 0 unspecified atom stereocenters. The number of benzene rings is 1. The zero-order valence-corrected chi connectivity index (χ0v) is 78.8. The SMILES string of the molecule is C[C@@H]1O[C@@H](O[C@H]2[C@H](O)[C@@H](C(=O)NCCCCCCCCCCC(=O)OCc3ccccc3)O[C@@H](O[C@H]3CC[C@]4(C)[C@H]5CC=C6[C@@H]7CC(C)(C)CC[C@]7(C(=O)O[C@@H]7O[C@H](C)[C@H](O)[C@H](O)[C@H]7O[C@H]7O[C@@H](C)[C@H](O[C@H]8OC[C@H](O)[C@@H](O)[C@@H]8O)[C@@H](O[C@@H]8O[C@H](CO)[C@@H](O)[C@H](O[C@@H]9OC[C@@H](O)[C@H](O)[C@H]9O)[C@H]8O)[C@H]7O)[C@H](O)C[C@@]6(C)[C@]5(C)CC[C@H]4[C@]3(C)C=O)[C@@H]2O[C@@H]2O[C@H](CO)[C@H](O)[C@H](O)[C@H]2O)[C@H](O)[C@H](O)[C@H]1O. The third-order valence-corrected chi connectivity index (χ3v) is 32.8. The van der Waals surface area contributed by atoms with Gasteiger partial charge in [0, 0.05) is 13.0 Å². The number of hydrogen-bond donors (Lipinski definition) is 22. The van der Waals surface area contributed by atoms with Crippen LogP contribution in [0.5, 0.6) is 0 Å². The highest BCUT2D eigenvalue weighted by Crippen LogP contribution is 2.76. The molecule has 137 heavy (non-hydrogen) atoms. The first-order chi connectivity index (χ1) is 64.8. The van der Waals surface area contributed by atoms with Crippen LogP contribution in [0.4, 0.5) is 0 Å². The minimum absolute atomic E-state index is 0.0149. The van der Waals surface area contributed by atoms with Crippen molar-refractivity contribution in [2.75, 3.05) is 33.0 Å². The molecule has 8 heterocycles. The average molecular weight is 1960 g/mol. The zero-order chi connectivity index (χ0) is 99.4. The van der Waals surface area contributed by atoms with E-state index in [2.05, 4.69) is 46.0 Å². The molecule has 22 N–H and O–H groups in total. The smallest absolute Gasteiger partial charge is 0.317 e. The number of aldehydes is 1. The molecule has 0 bridgehead atoms. The molecular weight excluding hydrogens is 1810 g/mol. The van der Waals surface area contributed by atoms with E-state index in [1.807, 2.05) is 30.3 Å². The minimum atomic E-state index is -2.23. The van der Waals surface area contributed by atoms with Crippen molar-refractivity contribution in [1.29, 1.82) is 0 Å². The van der Waals surface area contributed by atoms with E-state index in [9.17, 15) is 122 Å². The van der Waals surface area contributed by atoms with Gasteiger partial charge in [0.2, 0.25) is 6.29 Å². The summed E-state index contributed by atoms with van der Waals surface area (Å²) in [6.07, 6.45) is -61.5. The van der Waals surface area contributed by atoms with Gasteiger partial charge in [-0.3, -0.25) is 14.4 Å². The van der Waals surface area contributed by atoms with E-state index < -0.39 is 328 Å². The minimum Gasteiger partial charge on any atom is -0.461 e. The van der Waals surface area contributed by atoms with Gasteiger partial charge >= 0.3 is 11.9 Å². The summed E-state index contributed by atoms with van der Waals surface area (Å²) < 4.78 is 105. The number of ether oxygens (including phenoxy) is 17. The van der Waals surface area contributed by atoms with E-state index in [0.29, 0.717) is 64.2 Å². The van der Waals surface area contributed by atoms with Gasteiger partial charge in [0.1, 0.15) is 171 Å². The number of aliphatic hydroxyl groups is 21. The maximum Gasteiger partial charge on any atom is 0.317 e. The molecule has 43 heteroatoms. The Morgan fingerprint density at radius 3 is 1.58 bits per heavy atom. The number of esters is 2. The lowest BCUT2D eigenvalue weighted by molar-refractivity contribution is -0.399. The van der Waals surface area contributed by atoms with Crippen molar-refractivity contribution in [2.24, 2.45) is 50.2 Å². The van der Waals surface area contributed by atoms with Gasteiger partial charge < -0.3 is 198 Å². The fourth-order valence-electron chi connectivity index (χ4n) is 24.2. The Bertz CT molecular complexity index is 4150. The quantitative estimate of drug-likeness (QED) is 0.0105. The van der Waals surface area contributed by atoms with Crippen LogP contribution in [0.25, 0.3) is 0 Å². The number of fused-ring (bicyclic) bond motifs is 7. The molecule has 13 aliphatic rings. The van der Waals surface area contributed by atoms with Crippen LogP contribution in [0.3, 0.4) is 0 Å². The molecule has 0 spiro atoms. The third kappa shape index (κ3) is 21.5. The van der Waals surface area contributed by atoms with Gasteiger partial charge in [-0.05, 0) is 136 Å². The van der Waals surface area contributed by atoms with Crippen LogP contribution in [0, 0.1) is 50.2 Å². The summed E-state index contributed by atoms with van der Waals surface area (Å²) in [5.41, 5.74) is -4.33. The fourth-order valence-corrected chi connectivity index (χ4v) is 24.2. The number of carbonyl (C=O) groups excluding carboxylic acids is 4. The first kappa shape index (κ1) is 108. The van der Waals surface area contributed by atoms with Crippen molar-refractivity contribution in [3.63, 3.8) is 0 Å². The van der Waals surface area contributed by atoms with Crippen molar-refractivity contribution in [1.82, 2.24) is 5.32 Å². The molecule has 12 fully saturated rings. The summed E-state index contributed by atoms with van der Waals surface area (Å²) in [5, 5.41) is 241. The van der Waals surface area contributed by atoms with Gasteiger partial charge in [-0.25, -0.2) is 0 Å². The van der Waals surface area contributed by atoms with E-state index in [-0.39, 0.29) is 44.3 Å². The topological polar surface area (TPSA) is 662 Å². The first-order valence-electron chi connectivity index (χ1n) is 48.6. The second kappa shape index (κ2) is 44.5. The van der Waals surface area contributed by atoms with Gasteiger partial charge in [-0.15, -0.1) is 0 Å².